The van der Waals surface area contributed by atoms with Gasteiger partial charge in [0.15, 0.2) is 0 Å². The maximum absolute atomic E-state index is 6.35. The van der Waals surface area contributed by atoms with E-state index < -0.39 is 0 Å². The third-order valence-corrected chi connectivity index (χ3v) is 4.91. The lowest BCUT2D eigenvalue weighted by Gasteiger charge is -2.08. The number of hydrogen-bond acceptors (Lipinski definition) is 2. The molecular formula is C20H23Cl2N3. The van der Waals surface area contributed by atoms with E-state index in [0.29, 0.717) is 10.0 Å². The maximum atomic E-state index is 6.35. The van der Waals surface area contributed by atoms with E-state index >= 15 is 0 Å². The summed E-state index contributed by atoms with van der Waals surface area (Å²) in [4.78, 5) is 0. The monoisotopic (exact) mass is 375 g/mol. The van der Waals surface area contributed by atoms with E-state index in [0.717, 1.165) is 38.2 Å². The Kier molecular flexibility index (Phi) is 6.38. The van der Waals surface area contributed by atoms with Crippen molar-refractivity contribution in [2.75, 3.05) is 20.1 Å². The summed E-state index contributed by atoms with van der Waals surface area (Å²) >= 11 is 12.4. The van der Waals surface area contributed by atoms with Crippen LogP contribution >= 0.6 is 23.2 Å². The molecule has 132 valence electrons. The highest BCUT2D eigenvalue weighted by molar-refractivity contribution is 6.35. The van der Waals surface area contributed by atoms with E-state index in [2.05, 4.69) is 45.7 Å². The third kappa shape index (κ3) is 4.56. The van der Waals surface area contributed by atoms with Crippen molar-refractivity contribution in [2.24, 2.45) is 0 Å². The van der Waals surface area contributed by atoms with Crippen molar-refractivity contribution >= 4 is 34.1 Å². The zero-order valence-electron chi connectivity index (χ0n) is 14.4. The van der Waals surface area contributed by atoms with E-state index in [1.807, 2.05) is 19.2 Å². The van der Waals surface area contributed by atoms with Gasteiger partial charge >= 0.3 is 0 Å². The number of fused-ring (bicyclic) bond motifs is 1. The average molecular weight is 376 g/mol. The van der Waals surface area contributed by atoms with Gasteiger partial charge in [0.2, 0.25) is 0 Å². The fourth-order valence-corrected chi connectivity index (χ4v) is 3.51. The Bertz CT molecular complexity index is 842. The number of para-hydroxylation sites is 1. The molecule has 2 aromatic carbocycles. The molecule has 0 aliphatic rings. The van der Waals surface area contributed by atoms with Gasteiger partial charge in [0.05, 0.1) is 0 Å². The highest BCUT2D eigenvalue weighted by Crippen LogP contribution is 2.26. The molecule has 0 radical (unpaired) electrons. The molecule has 0 fully saturated rings. The van der Waals surface area contributed by atoms with Crippen LogP contribution < -0.4 is 10.6 Å². The second-order valence-corrected chi connectivity index (χ2v) is 7.01. The lowest BCUT2D eigenvalue weighted by atomic mass is 10.2. The van der Waals surface area contributed by atoms with E-state index in [-0.39, 0.29) is 0 Å². The van der Waals surface area contributed by atoms with E-state index in [4.69, 9.17) is 23.2 Å². The number of benzene rings is 2. The van der Waals surface area contributed by atoms with Crippen molar-refractivity contribution in [3.8, 4) is 0 Å². The first-order valence-corrected chi connectivity index (χ1v) is 9.30. The summed E-state index contributed by atoms with van der Waals surface area (Å²) in [5, 5.41) is 9.35. The predicted octanol–water partition coefficient (Wildman–Crippen LogP) is 4.70. The minimum Gasteiger partial charge on any atom is -0.343 e. The molecule has 0 amide bonds. The molecule has 2 N–H and O–H groups in total. The quantitative estimate of drug-likeness (QED) is 0.558. The lowest BCUT2D eigenvalue weighted by molar-refractivity contribution is 0.625. The van der Waals surface area contributed by atoms with Gasteiger partial charge in [-0.2, -0.15) is 0 Å². The average Bonchev–Trinajstić information content (AvgIpc) is 2.95. The van der Waals surface area contributed by atoms with Crippen LogP contribution in [0.4, 0.5) is 0 Å². The Morgan fingerprint density at radius 1 is 1.00 bits per heavy atom. The summed E-state index contributed by atoms with van der Waals surface area (Å²) in [5.41, 5.74) is 3.60. The fraction of sp³-hybridized carbons (Fsp3) is 0.300. The first kappa shape index (κ1) is 18.3. The molecular weight excluding hydrogens is 353 g/mol. The molecule has 0 aliphatic carbocycles. The normalized spacial score (nSPS) is 11.3. The lowest BCUT2D eigenvalue weighted by Crippen LogP contribution is -2.19. The molecule has 0 aliphatic heterocycles. The zero-order valence-corrected chi connectivity index (χ0v) is 15.9. The van der Waals surface area contributed by atoms with Crippen molar-refractivity contribution in [2.45, 2.75) is 19.5 Å². The number of halogens is 2. The molecule has 1 aromatic heterocycles. The van der Waals surface area contributed by atoms with Crippen LogP contribution in [0, 0.1) is 0 Å². The van der Waals surface area contributed by atoms with Gasteiger partial charge < -0.3 is 15.2 Å². The number of nitrogens with one attached hydrogen (secondary N) is 2. The first-order valence-electron chi connectivity index (χ1n) is 8.55. The van der Waals surface area contributed by atoms with Crippen LogP contribution in [0.5, 0.6) is 0 Å². The summed E-state index contributed by atoms with van der Waals surface area (Å²) in [5.74, 6) is 0. The largest absolute Gasteiger partial charge is 0.343 e. The van der Waals surface area contributed by atoms with E-state index in [1.54, 1.807) is 6.07 Å². The highest BCUT2D eigenvalue weighted by atomic mass is 35.5. The minimum atomic E-state index is 0.664. The van der Waals surface area contributed by atoms with Crippen LogP contribution in [0.25, 0.3) is 10.9 Å². The van der Waals surface area contributed by atoms with Crippen molar-refractivity contribution < 1.29 is 0 Å². The molecule has 3 rings (SSSR count). The zero-order chi connectivity index (χ0) is 17.6. The van der Waals surface area contributed by atoms with Crippen molar-refractivity contribution in [3.05, 3.63) is 69.8 Å². The molecule has 3 aromatic rings. The van der Waals surface area contributed by atoms with Gasteiger partial charge in [0, 0.05) is 40.2 Å². The van der Waals surface area contributed by atoms with Gasteiger partial charge in [0.25, 0.3) is 0 Å². The van der Waals surface area contributed by atoms with Crippen LogP contribution in [0.3, 0.4) is 0 Å². The molecule has 0 saturated heterocycles. The molecule has 3 nitrogen and oxygen atoms in total. The molecule has 1 heterocycles. The number of nitrogens with zero attached hydrogens (tertiary/aromatic N) is 1. The summed E-state index contributed by atoms with van der Waals surface area (Å²) in [6.45, 7) is 3.63. The van der Waals surface area contributed by atoms with Gasteiger partial charge in [-0.3, -0.25) is 0 Å². The number of rotatable bonds is 8. The first-order chi connectivity index (χ1) is 12.2. The molecule has 0 unspecified atom stereocenters. The smallest absolute Gasteiger partial charge is 0.0491 e. The molecule has 25 heavy (non-hydrogen) atoms. The topological polar surface area (TPSA) is 29.0 Å². The van der Waals surface area contributed by atoms with Gasteiger partial charge in [0.1, 0.15) is 0 Å². The van der Waals surface area contributed by atoms with Crippen molar-refractivity contribution in [1.82, 2.24) is 15.2 Å². The van der Waals surface area contributed by atoms with Crippen LogP contribution in [0.2, 0.25) is 10.0 Å². The molecule has 0 spiro atoms. The van der Waals surface area contributed by atoms with Crippen molar-refractivity contribution in [3.63, 3.8) is 0 Å². The van der Waals surface area contributed by atoms with Gasteiger partial charge in [-0.05, 0) is 55.9 Å². The Hall–Kier alpha value is -1.52. The predicted molar refractivity (Wildman–Crippen MR) is 108 cm³/mol. The highest BCUT2D eigenvalue weighted by Gasteiger charge is 2.10. The van der Waals surface area contributed by atoms with Crippen LogP contribution in [0.15, 0.2) is 48.7 Å². The second-order valence-electron chi connectivity index (χ2n) is 6.17. The van der Waals surface area contributed by atoms with Gasteiger partial charge in [-0.25, -0.2) is 0 Å². The minimum absolute atomic E-state index is 0.664. The van der Waals surface area contributed by atoms with E-state index in [9.17, 15) is 0 Å². The second kappa shape index (κ2) is 8.72. The molecule has 5 heteroatoms. The van der Waals surface area contributed by atoms with Crippen LogP contribution in [-0.2, 0) is 13.1 Å². The molecule has 0 saturated carbocycles. The van der Waals surface area contributed by atoms with Gasteiger partial charge in [-0.1, -0.05) is 47.5 Å². The Balaban J connectivity index is 1.81. The van der Waals surface area contributed by atoms with Crippen LogP contribution in [0.1, 0.15) is 17.5 Å². The van der Waals surface area contributed by atoms with Crippen LogP contribution in [-0.4, -0.2) is 24.7 Å². The van der Waals surface area contributed by atoms with Crippen molar-refractivity contribution in [1.29, 1.82) is 0 Å². The fourth-order valence-electron chi connectivity index (χ4n) is 3.04. The summed E-state index contributed by atoms with van der Waals surface area (Å²) in [7, 11) is 1.98. The molecule has 0 bridgehead atoms. The molecule has 0 atom stereocenters. The maximum Gasteiger partial charge on any atom is 0.0491 e. The van der Waals surface area contributed by atoms with E-state index in [1.165, 1.54) is 16.5 Å². The standard InChI is InChI=1S/C20H23Cl2N3/c1-23-9-4-10-24-12-16-14-25(20-6-3-2-5-18(16)20)13-15-7-8-17(21)11-19(15)22/h2-3,5-8,11,14,23-24H,4,9-10,12-13H2,1H3. The SMILES string of the molecule is CNCCCNCc1cn(Cc2ccc(Cl)cc2Cl)c2ccccc12. The third-order valence-electron chi connectivity index (χ3n) is 4.32. The summed E-state index contributed by atoms with van der Waals surface area (Å²) < 4.78 is 2.26. The Labute approximate surface area is 158 Å². The number of aromatic nitrogens is 1. The summed E-state index contributed by atoms with van der Waals surface area (Å²) in [6, 6.07) is 14.2. The Morgan fingerprint density at radius 3 is 2.64 bits per heavy atom. The Morgan fingerprint density at radius 2 is 1.84 bits per heavy atom. The van der Waals surface area contributed by atoms with Gasteiger partial charge in [-0.15, -0.1) is 0 Å². The summed E-state index contributed by atoms with van der Waals surface area (Å²) in [6.07, 6.45) is 3.34. The number of hydrogen-bond donors (Lipinski definition) is 2.